The van der Waals surface area contributed by atoms with Gasteiger partial charge in [0, 0.05) is 17.5 Å². The number of hydrogen-bond acceptors (Lipinski definition) is 5. The van der Waals surface area contributed by atoms with Crippen molar-refractivity contribution in [1.29, 1.82) is 0 Å². The van der Waals surface area contributed by atoms with E-state index in [1.165, 1.54) is 0 Å². The van der Waals surface area contributed by atoms with E-state index in [1.54, 1.807) is 29.4 Å². The highest BCUT2D eigenvalue weighted by Crippen LogP contribution is 2.33. The largest absolute Gasteiger partial charge is 0.352 e. The first kappa shape index (κ1) is 22.5. The van der Waals surface area contributed by atoms with Crippen LogP contribution in [-0.2, 0) is 9.59 Å². The molecule has 2 aromatic rings. The molecule has 3 atom stereocenters. The third-order valence-corrected chi connectivity index (χ3v) is 7.12. The number of benzene rings is 1. The number of hydrogen-bond donors (Lipinski definition) is 3. The van der Waals surface area contributed by atoms with Gasteiger partial charge in [0.1, 0.15) is 6.04 Å². The molecule has 3 heterocycles. The standard InChI is InChI=1S/C24H30N4O3S/c1-14(2)11-19(25-3)22(29)26-16-8-9-28-20(13-16)23(30)27-18-7-6-15(12-17(18)24(28)31)21-5-4-10-32-21/h4-7,10,12,14,16,19-20,25H,8-9,11,13H2,1-3H3,(H,26,29)(H,27,30)/t16-,19+,20+/m1/s1. The highest BCUT2D eigenvalue weighted by Gasteiger charge is 2.40. The fourth-order valence-electron chi connectivity index (χ4n) is 4.51. The average molecular weight is 455 g/mol. The fraction of sp³-hybridized carbons (Fsp3) is 0.458. The zero-order chi connectivity index (χ0) is 22.8. The van der Waals surface area contributed by atoms with Crippen molar-refractivity contribution in [2.45, 2.75) is 51.2 Å². The summed E-state index contributed by atoms with van der Waals surface area (Å²) in [5.74, 6) is -0.00142. The van der Waals surface area contributed by atoms with E-state index in [1.807, 2.05) is 29.6 Å². The molecule has 8 heteroatoms. The quantitative estimate of drug-likeness (QED) is 0.626. The second kappa shape index (κ2) is 9.42. The minimum atomic E-state index is -0.600. The van der Waals surface area contributed by atoms with Crippen LogP contribution in [0.3, 0.4) is 0 Å². The summed E-state index contributed by atoms with van der Waals surface area (Å²) in [6, 6.07) is 8.58. The molecule has 3 N–H and O–H groups in total. The molecule has 0 spiro atoms. The maximum absolute atomic E-state index is 13.4. The molecular weight excluding hydrogens is 424 g/mol. The van der Waals surface area contributed by atoms with Crippen LogP contribution in [0.15, 0.2) is 35.7 Å². The highest BCUT2D eigenvalue weighted by molar-refractivity contribution is 7.13. The predicted molar refractivity (Wildman–Crippen MR) is 127 cm³/mol. The van der Waals surface area contributed by atoms with Gasteiger partial charge in [0.25, 0.3) is 5.91 Å². The van der Waals surface area contributed by atoms with E-state index in [0.29, 0.717) is 36.6 Å². The molecule has 1 fully saturated rings. The maximum atomic E-state index is 13.4. The van der Waals surface area contributed by atoms with E-state index >= 15 is 0 Å². The summed E-state index contributed by atoms with van der Waals surface area (Å²) in [7, 11) is 1.79. The number of anilines is 1. The van der Waals surface area contributed by atoms with Crippen molar-refractivity contribution >= 4 is 34.7 Å². The Morgan fingerprint density at radius 2 is 2.09 bits per heavy atom. The first-order valence-electron chi connectivity index (χ1n) is 11.1. The van der Waals surface area contributed by atoms with Crippen LogP contribution >= 0.6 is 11.3 Å². The van der Waals surface area contributed by atoms with E-state index in [9.17, 15) is 14.4 Å². The van der Waals surface area contributed by atoms with E-state index in [0.717, 1.165) is 16.9 Å². The predicted octanol–water partition coefficient (Wildman–Crippen LogP) is 3.09. The van der Waals surface area contributed by atoms with Gasteiger partial charge < -0.3 is 20.9 Å². The van der Waals surface area contributed by atoms with Crippen LogP contribution in [0, 0.1) is 5.92 Å². The lowest BCUT2D eigenvalue weighted by atomic mass is 9.95. The van der Waals surface area contributed by atoms with Crippen molar-refractivity contribution in [3.63, 3.8) is 0 Å². The van der Waals surface area contributed by atoms with E-state index in [-0.39, 0.29) is 29.8 Å². The summed E-state index contributed by atoms with van der Waals surface area (Å²) in [6.07, 6.45) is 1.78. The zero-order valence-electron chi connectivity index (χ0n) is 18.7. The molecule has 2 aliphatic rings. The van der Waals surface area contributed by atoms with Gasteiger partial charge in [-0.1, -0.05) is 26.0 Å². The number of nitrogens with zero attached hydrogens (tertiary/aromatic N) is 1. The first-order chi connectivity index (χ1) is 15.4. The van der Waals surface area contributed by atoms with E-state index in [4.69, 9.17) is 0 Å². The molecule has 0 bridgehead atoms. The molecule has 3 amide bonds. The second-order valence-electron chi connectivity index (χ2n) is 8.94. The molecule has 32 heavy (non-hydrogen) atoms. The lowest BCUT2D eigenvalue weighted by Crippen LogP contribution is -2.56. The van der Waals surface area contributed by atoms with Crippen LogP contribution in [0.25, 0.3) is 10.4 Å². The molecule has 0 aliphatic carbocycles. The van der Waals surface area contributed by atoms with Crippen molar-refractivity contribution in [1.82, 2.24) is 15.5 Å². The van der Waals surface area contributed by atoms with Crippen molar-refractivity contribution in [3.05, 3.63) is 41.3 Å². The van der Waals surface area contributed by atoms with E-state index < -0.39 is 6.04 Å². The first-order valence-corrected chi connectivity index (χ1v) is 12.0. The summed E-state index contributed by atoms with van der Waals surface area (Å²) in [6.45, 7) is 4.59. The van der Waals surface area contributed by atoms with Gasteiger partial charge in [-0.05, 0) is 61.4 Å². The molecule has 0 unspecified atom stereocenters. The molecule has 1 aromatic heterocycles. The van der Waals surface area contributed by atoms with Gasteiger partial charge in [-0.25, -0.2) is 0 Å². The Kier molecular flexibility index (Phi) is 6.62. The Labute approximate surface area is 192 Å². The topological polar surface area (TPSA) is 90.5 Å². The Hall–Kier alpha value is -2.71. The summed E-state index contributed by atoms with van der Waals surface area (Å²) in [5, 5.41) is 11.1. The Morgan fingerprint density at radius 1 is 1.28 bits per heavy atom. The minimum absolute atomic E-state index is 0.0520. The van der Waals surface area contributed by atoms with Gasteiger partial charge in [-0.15, -0.1) is 11.3 Å². The van der Waals surface area contributed by atoms with Crippen LogP contribution in [0.4, 0.5) is 5.69 Å². The van der Waals surface area contributed by atoms with Crippen LogP contribution in [0.5, 0.6) is 0 Å². The molecule has 1 aromatic carbocycles. The third-order valence-electron chi connectivity index (χ3n) is 6.20. The summed E-state index contributed by atoms with van der Waals surface area (Å²) < 4.78 is 0. The summed E-state index contributed by atoms with van der Waals surface area (Å²) >= 11 is 1.61. The number of piperidine rings is 1. The normalized spacial score (nSPS) is 21.4. The van der Waals surface area contributed by atoms with Crippen molar-refractivity contribution in [2.75, 3.05) is 18.9 Å². The zero-order valence-corrected chi connectivity index (χ0v) is 19.5. The number of carbonyl (C=O) groups excluding carboxylic acids is 3. The van der Waals surface area contributed by atoms with Crippen molar-refractivity contribution in [3.8, 4) is 10.4 Å². The van der Waals surface area contributed by atoms with Crippen LogP contribution in [0.2, 0.25) is 0 Å². The van der Waals surface area contributed by atoms with Crippen molar-refractivity contribution < 1.29 is 14.4 Å². The molecule has 2 aliphatic heterocycles. The Morgan fingerprint density at radius 3 is 2.78 bits per heavy atom. The van der Waals surface area contributed by atoms with Crippen LogP contribution in [0.1, 0.15) is 43.5 Å². The number of likely N-dealkylation sites (N-methyl/N-ethyl adjacent to an activating group) is 1. The number of nitrogens with one attached hydrogen (secondary N) is 3. The van der Waals surface area contributed by atoms with Gasteiger partial charge in [0.05, 0.1) is 17.3 Å². The van der Waals surface area contributed by atoms with E-state index in [2.05, 4.69) is 29.8 Å². The van der Waals surface area contributed by atoms with Gasteiger partial charge in [0.2, 0.25) is 11.8 Å². The molecule has 4 rings (SSSR count). The lowest BCUT2D eigenvalue weighted by molar-refractivity contribution is -0.126. The fourth-order valence-corrected chi connectivity index (χ4v) is 5.24. The van der Waals surface area contributed by atoms with Gasteiger partial charge in [-0.2, -0.15) is 0 Å². The molecular formula is C24H30N4O3S. The summed E-state index contributed by atoms with van der Waals surface area (Å²) in [4.78, 5) is 41.9. The number of fused-ring (bicyclic) bond motifs is 2. The molecule has 0 radical (unpaired) electrons. The molecule has 0 saturated carbocycles. The van der Waals surface area contributed by atoms with Crippen LogP contribution in [-0.4, -0.2) is 54.3 Å². The Bertz CT molecular complexity index is 1000. The third kappa shape index (κ3) is 4.56. The molecule has 170 valence electrons. The van der Waals surface area contributed by atoms with Gasteiger partial charge in [0.15, 0.2) is 0 Å². The monoisotopic (exact) mass is 454 g/mol. The molecule has 1 saturated heterocycles. The lowest BCUT2D eigenvalue weighted by Gasteiger charge is -2.37. The van der Waals surface area contributed by atoms with Crippen molar-refractivity contribution in [2.24, 2.45) is 5.92 Å². The smallest absolute Gasteiger partial charge is 0.256 e. The SMILES string of the molecule is CN[C@@H](CC(C)C)C(=O)N[C@@H]1CCN2C(=O)c3cc(-c4cccs4)ccc3NC(=O)[C@@H]2C1. The molecule has 7 nitrogen and oxygen atoms in total. The maximum Gasteiger partial charge on any atom is 0.256 e. The minimum Gasteiger partial charge on any atom is -0.352 e. The second-order valence-corrected chi connectivity index (χ2v) is 9.89. The number of thiophene rings is 1. The van der Waals surface area contributed by atoms with Crippen LogP contribution < -0.4 is 16.0 Å². The Balaban J connectivity index is 1.50. The average Bonchev–Trinajstić information content (AvgIpc) is 3.29. The number of amides is 3. The van der Waals surface area contributed by atoms with Gasteiger partial charge >= 0.3 is 0 Å². The number of rotatable bonds is 6. The number of carbonyl (C=O) groups is 3. The highest BCUT2D eigenvalue weighted by atomic mass is 32.1. The van der Waals surface area contributed by atoms with Gasteiger partial charge in [-0.3, -0.25) is 14.4 Å². The summed E-state index contributed by atoms with van der Waals surface area (Å²) in [5.41, 5.74) is 2.02.